The van der Waals surface area contributed by atoms with Gasteiger partial charge in [0.1, 0.15) is 11.5 Å². The standard InChI is InChI=1S/C38H46N4O6/c43-33-15-13-30(31-14-16-35(45)40-36(31)33)34(44)24-39-19-6-1-2-7-22-48-29-12-8-11-28(23-29)38(41-37(46)47,27-9-4-3-5-10-27)32-25-42-20-17-26(32)18-21-42/h3-5,8-16,23,26,32,34,39,41,43-44H,1-2,6-7,17-22,24-25H2,(H,40,45)(H,46,47)/t32-,34-,38?/m0/s1. The third-order valence-corrected chi connectivity index (χ3v) is 10.2. The van der Waals surface area contributed by atoms with Gasteiger partial charge in [-0.2, -0.15) is 0 Å². The minimum atomic E-state index is -1.03. The lowest BCUT2D eigenvalue weighted by atomic mass is 9.63. The van der Waals surface area contributed by atoms with Crippen LogP contribution in [0.4, 0.5) is 4.79 Å². The molecule has 0 radical (unpaired) electrons. The summed E-state index contributed by atoms with van der Waals surface area (Å²) in [5, 5.41) is 38.0. The van der Waals surface area contributed by atoms with Crippen LogP contribution in [-0.4, -0.2) is 70.6 Å². The molecule has 3 saturated heterocycles. The quantitative estimate of drug-likeness (QED) is 0.0941. The number of piperidine rings is 3. The van der Waals surface area contributed by atoms with Gasteiger partial charge in [-0.1, -0.05) is 61.4 Å². The van der Waals surface area contributed by atoms with Gasteiger partial charge in [-0.25, -0.2) is 4.79 Å². The predicted octanol–water partition coefficient (Wildman–Crippen LogP) is 5.35. The SMILES string of the molecule is O=C(O)NC(c1ccccc1)(c1cccc(OCCCCCCNC[C@H](O)c2ccc(O)c3[nH]c(=O)ccc23)c1)[C@H]1CN2CCC1CC2. The lowest BCUT2D eigenvalue weighted by Gasteiger charge is -2.53. The summed E-state index contributed by atoms with van der Waals surface area (Å²) in [6, 6.07) is 24.1. The molecule has 1 amide bonds. The molecule has 3 fully saturated rings. The molecular weight excluding hydrogens is 608 g/mol. The van der Waals surface area contributed by atoms with Crippen LogP contribution in [0, 0.1) is 11.8 Å². The highest BCUT2D eigenvalue weighted by atomic mass is 16.5. The number of amides is 1. The van der Waals surface area contributed by atoms with Crippen molar-refractivity contribution in [3.05, 3.63) is 106 Å². The van der Waals surface area contributed by atoms with Crippen molar-refractivity contribution in [2.45, 2.75) is 50.2 Å². The van der Waals surface area contributed by atoms with E-state index in [0.717, 1.165) is 81.6 Å². The van der Waals surface area contributed by atoms with Crippen molar-refractivity contribution >= 4 is 17.0 Å². The number of rotatable bonds is 15. The number of H-pyrrole nitrogens is 1. The van der Waals surface area contributed by atoms with Crippen LogP contribution in [0.25, 0.3) is 10.9 Å². The molecule has 0 saturated carbocycles. The Morgan fingerprint density at radius 2 is 1.73 bits per heavy atom. The van der Waals surface area contributed by atoms with Crippen LogP contribution in [0.15, 0.2) is 83.7 Å². The fourth-order valence-electron chi connectivity index (χ4n) is 7.78. The first-order chi connectivity index (χ1) is 23.3. The first kappa shape index (κ1) is 33.5. The fraction of sp³-hybridized carbons (Fsp3) is 0.421. The highest BCUT2D eigenvalue weighted by Crippen LogP contribution is 2.47. The number of aromatic amines is 1. The van der Waals surface area contributed by atoms with Gasteiger partial charge >= 0.3 is 6.09 Å². The molecule has 3 aliphatic heterocycles. The van der Waals surface area contributed by atoms with E-state index in [1.165, 1.54) is 12.1 Å². The Morgan fingerprint density at radius 1 is 0.958 bits per heavy atom. The zero-order chi connectivity index (χ0) is 33.5. The van der Waals surface area contributed by atoms with E-state index in [0.29, 0.717) is 35.5 Å². The molecule has 48 heavy (non-hydrogen) atoms. The lowest BCUT2D eigenvalue weighted by Crippen LogP contribution is -2.61. The molecule has 3 atom stereocenters. The number of fused-ring (bicyclic) bond motifs is 4. The van der Waals surface area contributed by atoms with Crippen LogP contribution in [0.1, 0.15) is 61.3 Å². The molecule has 2 bridgehead atoms. The van der Waals surface area contributed by atoms with E-state index in [9.17, 15) is 24.9 Å². The Balaban J connectivity index is 1.01. The zero-order valence-corrected chi connectivity index (χ0v) is 27.2. The van der Waals surface area contributed by atoms with Crippen molar-refractivity contribution in [1.82, 2.24) is 20.5 Å². The van der Waals surface area contributed by atoms with Gasteiger partial charge in [0.25, 0.3) is 0 Å². The Bertz CT molecular complexity index is 1740. The predicted molar refractivity (Wildman–Crippen MR) is 186 cm³/mol. The summed E-state index contributed by atoms with van der Waals surface area (Å²) in [5.41, 5.74) is 1.65. The van der Waals surface area contributed by atoms with E-state index in [1.54, 1.807) is 12.1 Å². The molecule has 254 valence electrons. The minimum absolute atomic E-state index is 0.0248. The molecular formula is C38H46N4O6. The number of benzene rings is 3. The molecule has 4 heterocycles. The molecule has 1 unspecified atom stereocenters. The van der Waals surface area contributed by atoms with Gasteiger partial charge in [0, 0.05) is 30.5 Å². The number of phenols is 1. The van der Waals surface area contributed by atoms with Crippen molar-refractivity contribution in [2.24, 2.45) is 11.8 Å². The van der Waals surface area contributed by atoms with E-state index in [4.69, 9.17) is 4.74 Å². The highest BCUT2D eigenvalue weighted by Gasteiger charge is 2.50. The van der Waals surface area contributed by atoms with Gasteiger partial charge in [-0.05, 0) is 92.2 Å². The number of carbonyl (C=O) groups is 1. The summed E-state index contributed by atoms with van der Waals surface area (Å²) >= 11 is 0. The number of aliphatic hydroxyl groups excluding tert-OH is 1. The van der Waals surface area contributed by atoms with Crippen molar-refractivity contribution < 1.29 is 24.9 Å². The number of aromatic hydroxyl groups is 1. The number of phenolic OH excluding ortho intramolecular Hbond substituents is 1. The monoisotopic (exact) mass is 654 g/mol. The van der Waals surface area contributed by atoms with Gasteiger partial charge in [0.05, 0.1) is 23.8 Å². The van der Waals surface area contributed by atoms with Crippen LogP contribution in [-0.2, 0) is 5.54 Å². The summed E-state index contributed by atoms with van der Waals surface area (Å²) in [6.07, 6.45) is 4.19. The van der Waals surface area contributed by atoms with Crippen molar-refractivity contribution in [2.75, 3.05) is 39.3 Å². The van der Waals surface area contributed by atoms with E-state index >= 15 is 0 Å². The van der Waals surface area contributed by atoms with E-state index in [1.807, 2.05) is 54.6 Å². The maximum atomic E-state index is 12.4. The van der Waals surface area contributed by atoms with Gasteiger partial charge in [-0.3, -0.25) is 4.79 Å². The number of unbranched alkanes of at least 4 members (excludes halogenated alkanes) is 3. The number of hydrogen-bond donors (Lipinski definition) is 6. The maximum Gasteiger partial charge on any atom is 0.405 e. The Morgan fingerprint density at radius 3 is 2.48 bits per heavy atom. The molecule has 1 aromatic heterocycles. The molecule has 3 aromatic carbocycles. The Hall–Kier alpha value is -4.38. The second kappa shape index (κ2) is 15.2. The third kappa shape index (κ3) is 7.36. The van der Waals surface area contributed by atoms with Crippen LogP contribution in [0.5, 0.6) is 11.5 Å². The number of aromatic nitrogens is 1. The normalized spacial score (nSPS) is 20.6. The molecule has 4 aromatic rings. The molecule has 6 N–H and O–H groups in total. The average molecular weight is 655 g/mol. The van der Waals surface area contributed by atoms with E-state index < -0.39 is 17.7 Å². The average Bonchev–Trinajstić information content (AvgIpc) is 3.11. The van der Waals surface area contributed by atoms with Gasteiger partial charge in [-0.15, -0.1) is 0 Å². The Kier molecular flexibility index (Phi) is 10.6. The zero-order valence-electron chi connectivity index (χ0n) is 27.2. The first-order valence-electron chi connectivity index (χ1n) is 17.1. The number of aliphatic hydroxyl groups is 1. The molecule has 7 rings (SSSR count). The van der Waals surface area contributed by atoms with Crippen molar-refractivity contribution in [1.29, 1.82) is 0 Å². The third-order valence-electron chi connectivity index (χ3n) is 10.2. The summed E-state index contributed by atoms with van der Waals surface area (Å²) in [7, 11) is 0. The summed E-state index contributed by atoms with van der Waals surface area (Å²) in [5.74, 6) is 1.25. The van der Waals surface area contributed by atoms with Gasteiger partial charge in [0.15, 0.2) is 0 Å². The number of pyridine rings is 1. The topological polar surface area (TPSA) is 147 Å². The molecule has 10 heteroatoms. The number of carboxylic acid groups (broad SMARTS) is 1. The summed E-state index contributed by atoms with van der Waals surface area (Å²) in [4.78, 5) is 29.2. The van der Waals surface area contributed by atoms with Crippen LogP contribution < -0.4 is 20.9 Å². The summed E-state index contributed by atoms with van der Waals surface area (Å²) in [6.45, 7) is 4.68. The smallest absolute Gasteiger partial charge is 0.405 e. The van der Waals surface area contributed by atoms with Crippen LogP contribution in [0.2, 0.25) is 0 Å². The van der Waals surface area contributed by atoms with Gasteiger partial charge in [0.2, 0.25) is 5.56 Å². The Labute approximate surface area is 280 Å². The molecule has 3 aliphatic rings. The van der Waals surface area contributed by atoms with Crippen molar-refractivity contribution in [3.8, 4) is 11.5 Å². The molecule has 0 spiro atoms. The maximum absolute atomic E-state index is 12.4. The fourth-order valence-corrected chi connectivity index (χ4v) is 7.78. The largest absolute Gasteiger partial charge is 0.506 e. The minimum Gasteiger partial charge on any atom is -0.506 e. The second-order valence-electron chi connectivity index (χ2n) is 13.1. The van der Waals surface area contributed by atoms with E-state index in [2.05, 4.69) is 20.5 Å². The van der Waals surface area contributed by atoms with Crippen molar-refractivity contribution in [3.63, 3.8) is 0 Å². The van der Waals surface area contributed by atoms with Crippen LogP contribution >= 0.6 is 0 Å². The van der Waals surface area contributed by atoms with E-state index in [-0.39, 0.29) is 17.2 Å². The summed E-state index contributed by atoms with van der Waals surface area (Å²) < 4.78 is 6.22. The van der Waals surface area contributed by atoms with Gasteiger partial charge < -0.3 is 40.6 Å². The highest BCUT2D eigenvalue weighted by molar-refractivity contribution is 5.87. The first-order valence-corrected chi connectivity index (χ1v) is 17.1. The number of nitrogens with one attached hydrogen (secondary N) is 3. The second-order valence-corrected chi connectivity index (χ2v) is 13.1. The number of ether oxygens (including phenoxy) is 1. The lowest BCUT2D eigenvalue weighted by molar-refractivity contribution is 0.00716. The number of hydrogen-bond acceptors (Lipinski definition) is 7. The van der Waals surface area contributed by atoms with Crippen LogP contribution in [0.3, 0.4) is 0 Å². The number of nitrogens with zero attached hydrogens (tertiary/aromatic N) is 1. The molecule has 0 aliphatic carbocycles. The molecule has 10 nitrogen and oxygen atoms in total.